The van der Waals surface area contributed by atoms with Gasteiger partial charge in [0.1, 0.15) is 12.1 Å². The Morgan fingerprint density at radius 2 is 1.79 bits per heavy atom. The number of nitrogens with zero attached hydrogens (tertiary/aromatic N) is 2. The third-order valence-corrected chi connectivity index (χ3v) is 4.90. The summed E-state index contributed by atoms with van der Waals surface area (Å²) in [6.45, 7) is 1.56. The lowest BCUT2D eigenvalue weighted by atomic mass is 10.00. The van der Waals surface area contributed by atoms with E-state index in [1.165, 1.54) is 24.1 Å². The molecule has 4 nitrogen and oxygen atoms in total. The van der Waals surface area contributed by atoms with E-state index < -0.39 is 11.6 Å². The molecule has 0 spiro atoms. The molecular formula is C23H18F2N2O2. The molecule has 0 bridgehead atoms. The summed E-state index contributed by atoms with van der Waals surface area (Å²) < 4.78 is 35.7. The van der Waals surface area contributed by atoms with Crippen molar-refractivity contribution in [2.24, 2.45) is 0 Å². The van der Waals surface area contributed by atoms with Crippen molar-refractivity contribution in [1.82, 2.24) is 9.55 Å². The van der Waals surface area contributed by atoms with E-state index in [0.29, 0.717) is 27.7 Å². The summed E-state index contributed by atoms with van der Waals surface area (Å²) in [6.07, 6.45) is 1.47. The number of hydrogen-bond donors (Lipinski definition) is 0. The molecule has 0 amide bonds. The Bertz CT molecular complexity index is 1270. The first-order valence-corrected chi connectivity index (χ1v) is 9.06. The van der Waals surface area contributed by atoms with Crippen molar-refractivity contribution in [3.05, 3.63) is 99.6 Å². The summed E-state index contributed by atoms with van der Waals surface area (Å²) in [4.78, 5) is 17.3. The van der Waals surface area contributed by atoms with Gasteiger partial charge in [-0.1, -0.05) is 24.3 Å². The molecular weight excluding hydrogens is 374 g/mol. The van der Waals surface area contributed by atoms with E-state index in [4.69, 9.17) is 4.74 Å². The fourth-order valence-corrected chi connectivity index (χ4v) is 3.37. The van der Waals surface area contributed by atoms with Gasteiger partial charge in [0.2, 0.25) is 0 Å². The second-order valence-electron chi connectivity index (χ2n) is 6.79. The van der Waals surface area contributed by atoms with E-state index in [-0.39, 0.29) is 23.3 Å². The van der Waals surface area contributed by atoms with Gasteiger partial charge in [-0.05, 0) is 48.4 Å². The van der Waals surface area contributed by atoms with Crippen LogP contribution in [-0.2, 0) is 6.42 Å². The number of methoxy groups -OCH3 is 1. The lowest BCUT2D eigenvalue weighted by Crippen LogP contribution is -2.19. The van der Waals surface area contributed by atoms with Crippen molar-refractivity contribution in [2.75, 3.05) is 7.11 Å². The van der Waals surface area contributed by atoms with Gasteiger partial charge in [0, 0.05) is 12.0 Å². The summed E-state index contributed by atoms with van der Waals surface area (Å²) in [5, 5.41) is 0.384. The van der Waals surface area contributed by atoms with Crippen LogP contribution in [0.25, 0.3) is 16.6 Å². The minimum absolute atomic E-state index is 0.00668. The monoisotopic (exact) mass is 392 g/mol. The number of aromatic nitrogens is 2. The molecule has 146 valence electrons. The predicted molar refractivity (Wildman–Crippen MR) is 108 cm³/mol. The first-order chi connectivity index (χ1) is 14.0. The van der Waals surface area contributed by atoms with Crippen LogP contribution < -0.4 is 10.3 Å². The number of para-hydroxylation sites is 1. The van der Waals surface area contributed by atoms with Gasteiger partial charge in [-0.2, -0.15) is 0 Å². The molecule has 1 heterocycles. The third-order valence-electron chi connectivity index (χ3n) is 4.90. The second-order valence-corrected chi connectivity index (χ2v) is 6.79. The molecule has 0 aliphatic heterocycles. The molecule has 0 saturated heterocycles. The van der Waals surface area contributed by atoms with Gasteiger partial charge in [0.25, 0.3) is 5.56 Å². The van der Waals surface area contributed by atoms with Gasteiger partial charge >= 0.3 is 0 Å². The Kier molecular flexibility index (Phi) is 4.84. The molecule has 0 atom stereocenters. The summed E-state index contributed by atoms with van der Waals surface area (Å²) >= 11 is 0. The summed E-state index contributed by atoms with van der Waals surface area (Å²) in [7, 11) is 1.34. The van der Waals surface area contributed by atoms with Crippen LogP contribution in [0, 0.1) is 18.6 Å². The topological polar surface area (TPSA) is 44.1 Å². The molecule has 4 rings (SSSR count). The van der Waals surface area contributed by atoms with Gasteiger partial charge in [0.15, 0.2) is 11.6 Å². The van der Waals surface area contributed by atoms with E-state index in [1.54, 1.807) is 25.1 Å². The number of ether oxygens (including phenoxy) is 1. The minimum atomic E-state index is -0.733. The highest BCUT2D eigenvalue weighted by atomic mass is 19.1. The number of halogens is 2. The summed E-state index contributed by atoms with van der Waals surface area (Å²) in [5.41, 5.74) is 1.78. The van der Waals surface area contributed by atoms with Crippen LogP contribution in [0.15, 0.2) is 65.7 Å². The fourth-order valence-electron chi connectivity index (χ4n) is 3.37. The normalized spacial score (nSPS) is 11.0. The van der Waals surface area contributed by atoms with Crippen molar-refractivity contribution in [2.45, 2.75) is 13.3 Å². The average molecular weight is 392 g/mol. The van der Waals surface area contributed by atoms with Crippen LogP contribution in [0.5, 0.6) is 5.75 Å². The molecule has 0 unspecified atom stereocenters. The van der Waals surface area contributed by atoms with Gasteiger partial charge in [-0.25, -0.2) is 13.8 Å². The zero-order valence-corrected chi connectivity index (χ0v) is 15.9. The molecule has 3 aromatic carbocycles. The second kappa shape index (κ2) is 7.47. The van der Waals surface area contributed by atoms with Crippen LogP contribution in [0.2, 0.25) is 0 Å². The van der Waals surface area contributed by atoms with Crippen molar-refractivity contribution >= 4 is 10.9 Å². The lowest BCUT2D eigenvalue weighted by molar-refractivity contribution is 0.380. The maximum atomic E-state index is 14.6. The molecule has 0 saturated carbocycles. The maximum absolute atomic E-state index is 14.6. The van der Waals surface area contributed by atoms with E-state index >= 15 is 0 Å². The molecule has 4 aromatic rings. The first kappa shape index (κ1) is 18.8. The number of rotatable bonds is 4. The molecule has 0 fully saturated rings. The Balaban J connectivity index is 1.82. The van der Waals surface area contributed by atoms with E-state index in [2.05, 4.69) is 4.98 Å². The van der Waals surface area contributed by atoms with Crippen LogP contribution in [0.1, 0.15) is 16.7 Å². The molecule has 0 radical (unpaired) electrons. The van der Waals surface area contributed by atoms with Crippen molar-refractivity contribution < 1.29 is 13.5 Å². The SMILES string of the molecule is COc1cc(C)c(F)c(Cc2ccc3ncn(-c4ccccc4)c(=O)c3c2)c1F. The number of benzene rings is 3. The highest BCUT2D eigenvalue weighted by Gasteiger charge is 2.18. The first-order valence-electron chi connectivity index (χ1n) is 9.06. The van der Waals surface area contributed by atoms with Gasteiger partial charge in [-0.15, -0.1) is 0 Å². The lowest BCUT2D eigenvalue weighted by Gasteiger charge is -2.12. The van der Waals surface area contributed by atoms with Crippen LogP contribution in [0.4, 0.5) is 8.78 Å². The van der Waals surface area contributed by atoms with E-state index in [0.717, 1.165) is 0 Å². The summed E-state index contributed by atoms with van der Waals surface area (Å²) in [5.74, 6) is -1.35. The Labute approximate surface area is 166 Å². The van der Waals surface area contributed by atoms with Crippen molar-refractivity contribution in [1.29, 1.82) is 0 Å². The average Bonchev–Trinajstić information content (AvgIpc) is 2.75. The molecule has 29 heavy (non-hydrogen) atoms. The molecule has 0 N–H and O–H groups in total. The smallest absolute Gasteiger partial charge is 0.265 e. The van der Waals surface area contributed by atoms with Crippen LogP contribution >= 0.6 is 0 Å². The van der Waals surface area contributed by atoms with Crippen LogP contribution in [0.3, 0.4) is 0 Å². The zero-order valence-electron chi connectivity index (χ0n) is 15.9. The standard InChI is InChI=1S/C23H18F2N2O2/c1-14-10-20(29-2)22(25)18(21(14)24)12-15-8-9-19-17(11-15)23(28)27(13-26-19)16-6-4-3-5-7-16/h3-11,13H,12H2,1-2H3. The Morgan fingerprint density at radius 3 is 2.52 bits per heavy atom. The van der Waals surface area contributed by atoms with E-state index in [9.17, 15) is 13.6 Å². The quantitative estimate of drug-likeness (QED) is 0.511. The molecule has 1 aromatic heterocycles. The Morgan fingerprint density at radius 1 is 1.03 bits per heavy atom. The Hall–Kier alpha value is -3.54. The van der Waals surface area contributed by atoms with Crippen LogP contribution in [-0.4, -0.2) is 16.7 Å². The summed E-state index contributed by atoms with van der Waals surface area (Å²) in [6, 6.07) is 15.5. The maximum Gasteiger partial charge on any atom is 0.265 e. The van der Waals surface area contributed by atoms with E-state index in [1.807, 2.05) is 30.3 Å². The highest BCUT2D eigenvalue weighted by molar-refractivity contribution is 5.78. The zero-order chi connectivity index (χ0) is 20.5. The van der Waals surface area contributed by atoms with Crippen molar-refractivity contribution in [3.8, 4) is 11.4 Å². The van der Waals surface area contributed by atoms with Crippen molar-refractivity contribution in [3.63, 3.8) is 0 Å². The van der Waals surface area contributed by atoms with Gasteiger partial charge < -0.3 is 4.74 Å². The highest BCUT2D eigenvalue weighted by Crippen LogP contribution is 2.28. The number of fused-ring (bicyclic) bond motifs is 1. The van der Waals surface area contributed by atoms with Gasteiger partial charge in [0.05, 0.1) is 23.7 Å². The van der Waals surface area contributed by atoms with Gasteiger partial charge in [-0.3, -0.25) is 9.36 Å². The number of aryl methyl sites for hydroxylation is 1. The largest absolute Gasteiger partial charge is 0.494 e. The minimum Gasteiger partial charge on any atom is -0.494 e. The molecule has 0 aliphatic rings. The molecule has 0 aliphatic carbocycles. The number of hydrogen-bond acceptors (Lipinski definition) is 3. The third kappa shape index (κ3) is 3.38. The fraction of sp³-hybridized carbons (Fsp3) is 0.130. The predicted octanol–water partition coefficient (Wildman–Crippen LogP) is 4.57. The molecule has 6 heteroatoms.